The lowest BCUT2D eigenvalue weighted by Gasteiger charge is -2.19. The van der Waals surface area contributed by atoms with Crippen molar-refractivity contribution in [3.63, 3.8) is 0 Å². The third kappa shape index (κ3) is 6.36. The Balaban J connectivity index is 1.55. The standard InChI is InChI=1S/C21H24F3N5O2S/c22-21(23,24)14-4-1-5-15(12-14)28-18-16(6-2-8-26-18)19(30)27-9-3-7-17(25)20(31)29-10-11-32-13-29/h1-2,4-6,8,12,17H,3,7,9-11,13,25H2,(H,26,28)(H,27,30)/t17-/m0/s1. The number of pyridine rings is 1. The molecule has 7 nitrogen and oxygen atoms in total. The van der Waals surface area contributed by atoms with Crippen LogP contribution in [0.15, 0.2) is 42.6 Å². The van der Waals surface area contributed by atoms with Crippen LogP contribution >= 0.6 is 11.8 Å². The van der Waals surface area contributed by atoms with Crippen molar-refractivity contribution in [2.45, 2.75) is 25.1 Å². The van der Waals surface area contributed by atoms with E-state index in [1.165, 1.54) is 24.4 Å². The van der Waals surface area contributed by atoms with Crippen LogP contribution in [0.5, 0.6) is 0 Å². The van der Waals surface area contributed by atoms with Crippen LogP contribution in [0.4, 0.5) is 24.7 Å². The van der Waals surface area contributed by atoms with Crippen LogP contribution in [0, 0.1) is 0 Å². The maximum absolute atomic E-state index is 12.9. The van der Waals surface area contributed by atoms with Gasteiger partial charge in [-0.25, -0.2) is 4.98 Å². The van der Waals surface area contributed by atoms with E-state index in [1.54, 1.807) is 22.7 Å². The van der Waals surface area contributed by atoms with Crippen molar-refractivity contribution in [3.8, 4) is 0 Å². The van der Waals surface area contributed by atoms with E-state index in [0.29, 0.717) is 31.8 Å². The molecule has 32 heavy (non-hydrogen) atoms. The molecule has 0 unspecified atom stereocenters. The Hall–Kier alpha value is -2.79. The number of nitrogens with one attached hydrogen (secondary N) is 2. The van der Waals surface area contributed by atoms with E-state index in [2.05, 4.69) is 15.6 Å². The molecular weight excluding hydrogens is 443 g/mol. The number of halogens is 3. The van der Waals surface area contributed by atoms with Crippen molar-refractivity contribution in [1.82, 2.24) is 15.2 Å². The van der Waals surface area contributed by atoms with Crippen molar-refractivity contribution < 1.29 is 22.8 Å². The number of nitrogens with zero attached hydrogens (tertiary/aromatic N) is 2. The summed E-state index contributed by atoms with van der Waals surface area (Å²) in [6.45, 7) is 1.00. The van der Waals surface area contributed by atoms with E-state index in [9.17, 15) is 22.8 Å². The second-order valence-corrected chi connectivity index (χ2v) is 8.32. The Labute approximate surface area is 187 Å². The molecule has 3 rings (SSSR count). The zero-order chi connectivity index (χ0) is 23.1. The highest BCUT2D eigenvalue weighted by molar-refractivity contribution is 7.99. The van der Waals surface area contributed by atoms with Gasteiger partial charge >= 0.3 is 6.18 Å². The van der Waals surface area contributed by atoms with Crippen molar-refractivity contribution in [1.29, 1.82) is 0 Å². The summed E-state index contributed by atoms with van der Waals surface area (Å²) in [7, 11) is 0. The summed E-state index contributed by atoms with van der Waals surface area (Å²) >= 11 is 1.69. The number of alkyl halides is 3. The van der Waals surface area contributed by atoms with Gasteiger partial charge in [0.1, 0.15) is 5.82 Å². The Morgan fingerprint density at radius 2 is 2.06 bits per heavy atom. The molecule has 1 aromatic heterocycles. The maximum atomic E-state index is 12.9. The third-order valence-corrected chi connectivity index (χ3v) is 5.83. The molecule has 0 radical (unpaired) electrons. The summed E-state index contributed by atoms with van der Waals surface area (Å²) < 4.78 is 38.8. The molecule has 2 amide bonds. The molecule has 0 aliphatic carbocycles. The number of hydrogen-bond acceptors (Lipinski definition) is 6. The summed E-state index contributed by atoms with van der Waals surface area (Å²) in [6, 6.07) is 7.14. The van der Waals surface area contributed by atoms with Crippen molar-refractivity contribution in [2.75, 3.05) is 30.0 Å². The van der Waals surface area contributed by atoms with E-state index in [4.69, 9.17) is 5.73 Å². The second kappa shape index (κ2) is 10.7. The van der Waals surface area contributed by atoms with Gasteiger partial charge in [0, 0.05) is 30.7 Å². The maximum Gasteiger partial charge on any atom is 0.416 e. The van der Waals surface area contributed by atoms with Gasteiger partial charge in [0.15, 0.2) is 0 Å². The van der Waals surface area contributed by atoms with Gasteiger partial charge in [-0.3, -0.25) is 9.59 Å². The first-order valence-corrected chi connectivity index (χ1v) is 11.2. The van der Waals surface area contributed by atoms with E-state index in [1.807, 2.05) is 0 Å². The number of amides is 2. The number of hydrogen-bond donors (Lipinski definition) is 3. The zero-order valence-corrected chi connectivity index (χ0v) is 18.0. The Morgan fingerprint density at radius 3 is 2.78 bits per heavy atom. The van der Waals surface area contributed by atoms with E-state index in [-0.39, 0.29) is 23.0 Å². The highest BCUT2D eigenvalue weighted by Crippen LogP contribution is 2.31. The molecule has 0 bridgehead atoms. The molecule has 1 aliphatic rings. The Bertz CT molecular complexity index is 951. The van der Waals surface area contributed by atoms with E-state index in [0.717, 1.165) is 17.9 Å². The number of benzene rings is 1. The average molecular weight is 468 g/mol. The lowest BCUT2D eigenvalue weighted by molar-refractivity contribution is -0.137. The fraction of sp³-hybridized carbons (Fsp3) is 0.381. The molecule has 0 spiro atoms. The third-order valence-electron chi connectivity index (χ3n) is 4.86. The fourth-order valence-electron chi connectivity index (χ4n) is 3.16. The predicted octanol–water partition coefficient (Wildman–Crippen LogP) is 3.21. The van der Waals surface area contributed by atoms with Crippen LogP contribution in [0.3, 0.4) is 0 Å². The van der Waals surface area contributed by atoms with E-state index < -0.39 is 23.7 Å². The number of carbonyl (C=O) groups excluding carboxylic acids is 2. The number of nitrogens with two attached hydrogens (primary N) is 1. The second-order valence-electron chi connectivity index (χ2n) is 7.25. The molecule has 1 fully saturated rings. The molecule has 4 N–H and O–H groups in total. The van der Waals surface area contributed by atoms with Crippen LogP contribution < -0.4 is 16.4 Å². The SMILES string of the molecule is N[C@@H](CCCNC(=O)c1cccnc1Nc1cccc(C(F)(F)F)c1)C(=O)N1CCSC1. The smallest absolute Gasteiger partial charge is 0.352 e. The first-order chi connectivity index (χ1) is 15.3. The van der Waals surface area contributed by atoms with Crippen molar-refractivity contribution in [3.05, 3.63) is 53.7 Å². The molecule has 1 aliphatic heterocycles. The molecule has 1 saturated heterocycles. The molecule has 2 aromatic rings. The van der Waals surface area contributed by atoms with Gasteiger partial charge in [-0.15, -0.1) is 11.8 Å². The first kappa shape index (κ1) is 23.9. The first-order valence-electron chi connectivity index (χ1n) is 10.1. The quantitative estimate of drug-likeness (QED) is 0.516. The number of anilines is 2. The summed E-state index contributed by atoms with van der Waals surface area (Å²) in [5.74, 6) is 1.20. The van der Waals surface area contributed by atoms with Gasteiger partial charge in [0.2, 0.25) is 5.91 Å². The molecular formula is C21H24F3N5O2S. The van der Waals surface area contributed by atoms with Crippen LogP contribution in [0.25, 0.3) is 0 Å². The molecule has 172 valence electrons. The number of aromatic nitrogens is 1. The van der Waals surface area contributed by atoms with E-state index >= 15 is 0 Å². The zero-order valence-electron chi connectivity index (χ0n) is 17.2. The minimum atomic E-state index is -4.47. The number of thioether (sulfide) groups is 1. The van der Waals surface area contributed by atoms with Gasteiger partial charge in [0.05, 0.1) is 23.0 Å². The average Bonchev–Trinajstić information content (AvgIpc) is 3.31. The number of carbonyl (C=O) groups is 2. The van der Waals surface area contributed by atoms with Gasteiger partial charge in [-0.2, -0.15) is 13.2 Å². The lowest BCUT2D eigenvalue weighted by atomic mass is 10.1. The summed E-state index contributed by atoms with van der Waals surface area (Å²) in [5.41, 5.74) is 5.52. The minimum Gasteiger partial charge on any atom is -0.352 e. The monoisotopic (exact) mass is 467 g/mol. The highest BCUT2D eigenvalue weighted by atomic mass is 32.2. The molecule has 0 saturated carbocycles. The van der Waals surface area contributed by atoms with Crippen molar-refractivity contribution >= 4 is 35.1 Å². The van der Waals surface area contributed by atoms with Gasteiger partial charge in [-0.05, 0) is 43.2 Å². The summed E-state index contributed by atoms with van der Waals surface area (Å²) in [5, 5.41) is 5.52. The Morgan fingerprint density at radius 1 is 1.25 bits per heavy atom. The molecule has 11 heteroatoms. The van der Waals surface area contributed by atoms with Crippen LogP contribution in [0.1, 0.15) is 28.8 Å². The fourth-order valence-corrected chi connectivity index (χ4v) is 4.12. The lowest BCUT2D eigenvalue weighted by Crippen LogP contribution is -2.42. The predicted molar refractivity (Wildman–Crippen MR) is 118 cm³/mol. The van der Waals surface area contributed by atoms with Crippen LogP contribution in [0.2, 0.25) is 0 Å². The Kier molecular flexibility index (Phi) is 7.97. The normalized spacial score (nSPS) is 14.8. The van der Waals surface area contributed by atoms with Gasteiger partial charge in [-0.1, -0.05) is 6.07 Å². The topological polar surface area (TPSA) is 100 Å². The summed E-state index contributed by atoms with van der Waals surface area (Å²) in [6.07, 6.45) is -2.09. The van der Waals surface area contributed by atoms with Gasteiger partial charge < -0.3 is 21.3 Å². The highest BCUT2D eigenvalue weighted by Gasteiger charge is 2.30. The van der Waals surface area contributed by atoms with Gasteiger partial charge in [0.25, 0.3) is 5.91 Å². The summed E-state index contributed by atoms with van der Waals surface area (Å²) in [4.78, 5) is 30.6. The molecule has 1 atom stereocenters. The molecule has 2 heterocycles. The number of rotatable bonds is 8. The van der Waals surface area contributed by atoms with Crippen LogP contribution in [-0.4, -0.2) is 52.5 Å². The minimum absolute atomic E-state index is 0.0823. The van der Waals surface area contributed by atoms with Crippen LogP contribution in [-0.2, 0) is 11.0 Å². The van der Waals surface area contributed by atoms with Crippen molar-refractivity contribution in [2.24, 2.45) is 5.73 Å². The largest absolute Gasteiger partial charge is 0.416 e. The molecule has 1 aromatic carbocycles.